The molecule has 5 heteroatoms. The standard InChI is InChI=1S/C12H14ClN3O/c1-17-7-3-6-14-11-8-15-16-12-9(11)4-2-5-10(12)13/h2,4-5,8H,3,6-7H2,1H3,(H,14,16). The first-order valence-electron chi connectivity index (χ1n) is 5.45. The average molecular weight is 252 g/mol. The summed E-state index contributed by atoms with van der Waals surface area (Å²) in [4.78, 5) is 0. The van der Waals surface area contributed by atoms with Crippen molar-refractivity contribution in [1.82, 2.24) is 10.2 Å². The van der Waals surface area contributed by atoms with Gasteiger partial charge >= 0.3 is 0 Å². The van der Waals surface area contributed by atoms with Gasteiger partial charge in [-0.05, 0) is 12.5 Å². The monoisotopic (exact) mass is 251 g/mol. The van der Waals surface area contributed by atoms with Crippen LogP contribution < -0.4 is 5.32 Å². The number of benzene rings is 1. The van der Waals surface area contributed by atoms with Crippen LogP contribution in [0.3, 0.4) is 0 Å². The van der Waals surface area contributed by atoms with Crippen molar-refractivity contribution >= 4 is 28.2 Å². The number of aromatic nitrogens is 2. The smallest absolute Gasteiger partial charge is 0.114 e. The number of ether oxygens (including phenoxy) is 1. The molecule has 1 aromatic heterocycles. The van der Waals surface area contributed by atoms with Gasteiger partial charge in [-0.1, -0.05) is 23.7 Å². The van der Waals surface area contributed by atoms with Gasteiger partial charge in [-0.25, -0.2) is 0 Å². The summed E-state index contributed by atoms with van der Waals surface area (Å²) >= 11 is 6.06. The van der Waals surface area contributed by atoms with Crippen LogP contribution in [0.15, 0.2) is 24.4 Å². The van der Waals surface area contributed by atoms with E-state index in [1.54, 1.807) is 13.3 Å². The fourth-order valence-corrected chi connectivity index (χ4v) is 1.84. The lowest BCUT2D eigenvalue weighted by Crippen LogP contribution is -2.05. The molecule has 1 heterocycles. The van der Waals surface area contributed by atoms with Gasteiger partial charge in [-0.3, -0.25) is 0 Å². The molecule has 2 rings (SSSR count). The highest BCUT2D eigenvalue weighted by atomic mass is 35.5. The fraction of sp³-hybridized carbons (Fsp3) is 0.333. The molecule has 17 heavy (non-hydrogen) atoms. The molecule has 0 aliphatic heterocycles. The van der Waals surface area contributed by atoms with Crippen LogP contribution in [0, 0.1) is 0 Å². The van der Waals surface area contributed by atoms with Crippen LogP contribution in [0.4, 0.5) is 5.69 Å². The van der Waals surface area contributed by atoms with E-state index in [1.165, 1.54) is 0 Å². The SMILES string of the molecule is COCCCNc1cnnc2c(Cl)cccc12. The zero-order chi connectivity index (χ0) is 12.1. The Kier molecular flexibility index (Phi) is 4.12. The quantitative estimate of drug-likeness (QED) is 0.830. The van der Waals surface area contributed by atoms with Gasteiger partial charge in [0.1, 0.15) is 5.52 Å². The zero-order valence-electron chi connectivity index (χ0n) is 9.61. The van der Waals surface area contributed by atoms with Crippen LogP contribution in [0.2, 0.25) is 5.02 Å². The Labute approximate surface area is 105 Å². The second-order valence-corrected chi connectivity index (χ2v) is 4.07. The number of fused-ring (bicyclic) bond motifs is 1. The third-order valence-corrected chi connectivity index (χ3v) is 2.77. The molecule has 0 unspecified atom stereocenters. The summed E-state index contributed by atoms with van der Waals surface area (Å²) in [6, 6.07) is 5.70. The molecule has 4 nitrogen and oxygen atoms in total. The minimum Gasteiger partial charge on any atom is -0.385 e. The van der Waals surface area contributed by atoms with Gasteiger partial charge in [-0.15, -0.1) is 5.10 Å². The zero-order valence-corrected chi connectivity index (χ0v) is 10.4. The molecule has 1 N–H and O–H groups in total. The van der Waals surface area contributed by atoms with Crippen LogP contribution in [-0.2, 0) is 4.74 Å². The van der Waals surface area contributed by atoms with E-state index in [-0.39, 0.29) is 0 Å². The normalized spacial score (nSPS) is 10.7. The molecular weight excluding hydrogens is 238 g/mol. The van der Waals surface area contributed by atoms with Gasteiger partial charge in [0, 0.05) is 25.6 Å². The highest BCUT2D eigenvalue weighted by Gasteiger charge is 2.04. The Balaban J connectivity index is 2.19. The van der Waals surface area contributed by atoms with Gasteiger partial charge in [0.15, 0.2) is 0 Å². The molecule has 0 saturated carbocycles. The van der Waals surface area contributed by atoms with Gasteiger partial charge in [0.25, 0.3) is 0 Å². The predicted octanol–water partition coefficient (Wildman–Crippen LogP) is 2.73. The summed E-state index contributed by atoms with van der Waals surface area (Å²) in [5, 5.41) is 12.9. The van der Waals surface area contributed by atoms with Crippen LogP contribution in [0.25, 0.3) is 10.9 Å². The summed E-state index contributed by atoms with van der Waals surface area (Å²) in [6.07, 6.45) is 2.66. The second-order valence-electron chi connectivity index (χ2n) is 3.67. The van der Waals surface area contributed by atoms with E-state index in [2.05, 4.69) is 15.5 Å². The topological polar surface area (TPSA) is 47.0 Å². The highest BCUT2D eigenvalue weighted by molar-refractivity contribution is 6.35. The molecule has 1 aromatic carbocycles. The van der Waals surface area contributed by atoms with Crippen molar-refractivity contribution in [3.63, 3.8) is 0 Å². The first-order chi connectivity index (χ1) is 8.33. The molecule has 0 aliphatic rings. The second kappa shape index (κ2) is 5.80. The first kappa shape index (κ1) is 12.1. The summed E-state index contributed by atoms with van der Waals surface area (Å²) in [6.45, 7) is 1.57. The van der Waals surface area contributed by atoms with Gasteiger partial charge in [-0.2, -0.15) is 5.10 Å². The molecule has 90 valence electrons. The van der Waals surface area contributed by atoms with Crippen LogP contribution >= 0.6 is 11.6 Å². The summed E-state index contributed by atoms with van der Waals surface area (Å²) in [7, 11) is 1.70. The van der Waals surface area contributed by atoms with Crippen LogP contribution in [-0.4, -0.2) is 30.5 Å². The van der Waals surface area contributed by atoms with E-state index >= 15 is 0 Å². The van der Waals surface area contributed by atoms with E-state index < -0.39 is 0 Å². The Morgan fingerprint density at radius 2 is 2.29 bits per heavy atom. The highest BCUT2D eigenvalue weighted by Crippen LogP contribution is 2.25. The number of hydrogen-bond donors (Lipinski definition) is 1. The number of nitrogens with zero attached hydrogens (tertiary/aromatic N) is 2. The van der Waals surface area contributed by atoms with E-state index in [4.69, 9.17) is 16.3 Å². The van der Waals surface area contributed by atoms with E-state index in [0.29, 0.717) is 5.02 Å². The van der Waals surface area contributed by atoms with E-state index in [0.717, 1.165) is 36.2 Å². The Morgan fingerprint density at radius 1 is 1.41 bits per heavy atom. The molecule has 0 atom stereocenters. The van der Waals surface area contributed by atoms with Gasteiger partial charge in [0.05, 0.1) is 16.9 Å². The van der Waals surface area contributed by atoms with Crippen molar-refractivity contribution in [1.29, 1.82) is 0 Å². The fourth-order valence-electron chi connectivity index (χ4n) is 1.63. The maximum Gasteiger partial charge on any atom is 0.114 e. The lowest BCUT2D eigenvalue weighted by molar-refractivity contribution is 0.198. The summed E-state index contributed by atoms with van der Waals surface area (Å²) in [5.74, 6) is 0. The number of nitrogens with one attached hydrogen (secondary N) is 1. The van der Waals surface area contributed by atoms with Crippen molar-refractivity contribution in [3.05, 3.63) is 29.4 Å². The molecule has 0 amide bonds. The number of rotatable bonds is 5. The summed E-state index contributed by atoms with van der Waals surface area (Å²) in [5.41, 5.74) is 1.68. The van der Waals surface area contributed by atoms with Crippen molar-refractivity contribution in [2.24, 2.45) is 0 Å². The van der Waals surface area contributed by atoms with Gasteiger partial charge in [0.2, 0.25) is 0 Å². The molecule has 0 radical (unpaired) electrons. The molecular formula is C12H14ClN3O. The number of anilines is 1. The molecule has 0 saturated heterocycles. The van der Waals surface area contributed by atoms with Gasteiger partial charge < -0.3 is 10.1 Å². The number of methoxy groups -OCH3 is 1. The Morgan fingerprint density at radius 3 is 3.12 bits per heavy atom. The lowest BCUT2D eigenvalue weighted by Gasteiger charge is -2.08. The molecule has 0 bridgehead atoms. The molecule has 0 spiro atoms. The molecule has 0 aliphatic carbocycles. The number of hydrogen-bond acceptors (Lipinski definition) is 4. The third kappa shape index (κ3) is 2.84. The minimum atomic E-state index is 0.621. The first-order valence-corrected chi connectivity index (χ1v) is 5.83. The Bertz CT molecular complexity index is 504. The molecule has 2 aromatic rings. The van der Waals surface area contributed by atoms with Crippen LogP contribution in [0.1, 0.15) is 6.42 Å². The third-order valence-electron chi connectivity index (χ3n) is 2.46. The van der Waals surface area contributed by atoms with E-state index in [9.17, 15) is 0 Å². The lowest BCUT2D eigenvalue weighted by atomic mass is 10.2. The van der Waals surface area contributed by atoms with Crippen molar-refractivity contribution in [2.75, 3.05) is 25.6 Å². The largest absolute Gasteiger partial charge is 0.385 e. The maximum atomic E-state index is 6.06. The minimum absolute atomic E-state index is 0.621. The molecule has 0 fully saturated rings. The van der Waals surface area contributed by atoms with E-state index in [1.807, 2.05) is 18.2 Å². The number of halogens is 1. The summed E-state index contributed by atoms with van der Waals surface area (Å²) < 4.78 is 5.00. The average Bonchev–Trinajstić information content (AvgIpc) is 2.36. The Hall–Kier alpha value is -1.39. The van der Waals surface area contributed by atoms with Crippen LogP contribution in [0.5, 0.6) is 0 Å². The predicted molar refractivity (Wildman–Crippen MR) is 69.5 cm³/mol. The van der Waals surface area contributed by atoms with Crippen molar-refractivity contribution < 1.29 is 4.74 Å². The maximum absolute atomic E-state index is 6.06. The van der Waals surface area contributed by atoms with Crippen molar-refractivity contribution in [2.45, 2.75) is 6.42 Å². The van der Waals surface area contributed by atoms with Crippen molar-refractivity contribution in [3.8, 4) is 0 Å².